The molecule has 0 bridgehead atoms. The van der Waals surface area contributed by atoms with Gasteiger partial charge in [0.25, 0.3) is 5.91 Å². The van der Waals surface area contributed by atoms with Gasteiger partial charge in [-0.1, -0.05) is 35.9 Å². The Morgan fingerprint density at radius 2 is 1.81 bits per heavy atom. The van der Waals surface area contributed by atoms with Gasteiger partial charge in [-0.3, -0.25) is 14.6 Å². The third-order valence-corrected chi connectivity index (χ3v) is 4.66. The summed E-state index contributed by atoms with van der Waals surface area (Å²) < 4.78 is 13.1. The highest BCUT2D eigenvalue weighted by atomic mass is 35.5. The van der Waals surface area contributed by atoms with E-state index in [1.165, 1.54) is 23.9 Å². The van der Waals surface area contributed by atoms with Crippen molar-refractivity contribution in [2.75, 3.05) is 32.7 Å². The normalized spacial score (nSPS) is 15.9. The number of benzene rings is 2. The van der Waals surface area contributed by atoms with E-state index in [1.807, 2.05) is 24.3 Å². The number of hydrogen-bond acceptors (Lipinski definition) is 4. The molecule has 1 aliphatic heterocycles. The van der Waals surface area contributed by atoms with Gasteiger partial charge in [0.2, 0.25) is 0 Å². The number of rotatable bonds is 6. The first-order valence-electron chi connectivity index (χ1n) is 8.85. The molecule has 142 valence electrons. The Labute approximate surface area is 163 Å². The van der Waals surface area contributed by atoms with Gasteiger partial charge < -0.3 is 0 Å². The Morgan fingerprint density at radius 3 is 2.52 bits per heavy atom. The number of nitrogens with zero attached hydrogens (tertiary/aromatic N) is 3. The molecule has 5 nitrogen and oxygen atoms in total. The molecule has 0 aliphatic carbocycles. The minimum Gasteiger partial charge on any atom is -0.297 e. The highest BCUT2D eigenvalue weighted by Crippen LogP contribution is 2.12. The van der Waals surface area contributed by atoms with Crippen LogP contribution in [0.25, 0.3) is 0 Å². The Morgan fingerprint density at radius 1 is 1.11 bits per heavy atom. The van der Waals surface area contributed by atoms with Gasteiger partial charge >= 0.3 is 0 Å². The SMILES string of the molecule is O=C(CN1CCN(Cc2ccc(Cl)cc2)CC1)N/N=C\c1cccc(F)c1. The number of piperazine rings is 1. The monoisotopic (exact) mass is 388 g/mol. The lowest BCUT2D eigenvalue weighted by Crippen LogP contribution is -2.48. The van der Waals surface area contributed by atoms with E-state index in [1.54, 1.807) is 12.1 Å². The maximum atomic E-state index is 13.1. The van der Waals surface area contributed by atoms with Crippen molar-refractivity contribution in [2.24, 2.45) is 5.10 Å². The van der Waals surface area contributed by atoms with Crippen LogP contribution in [0.5, 0.6) is 0 Å². The Balaban J connectivity index is 1.38. The molecular formula is C20H22ClFN4O. The largest absolute Gasteiger partial charge is 0.297 e. The molecule has 1 N–H and O–H groups in total. The summed E-state index contributed by atoms with van der Waals surface area (Å²) >= 11 is 5.92. The van der Waals surface area contributed by atoms with Gasteiger partial charge in [0.15, 0.2) is 0 Å². The van der Waals surface area contributed by atoms with Crippen molar-refractivity contribution in [1.29, 1.82) is 0 Å². The zero-order chi connectivity index (χ0) is 19.1. The van der Waals surface area contributed by atoms with Gasteiger partial charge in [-0.05, 0) is 35.4 Å². The van der Waals surface area contributed by atoms with E-state index in [0.29, 0.717) is 12.1 Å². The van der Waals surface area contributed by atoms with Gasteiger partial charge in [-0.15, -0.1) is 0 Å². The van der Waals surface area contributed by atoms with Crippen molar-refractivity contribution in [3.05, 3.63) is 70.5 Å². The summed E-state index contributed by atoms with van der Waals surface area (Å²) in [7, 11) is 0. The van der Waals surface area contributed by atoms with Crippen LogP contribution in [0.2, 0.25) is 5.02 Å². The first-order valence-corrected chi connectivity index (χ1v) is 9.23. The maximum Gasteiger partial charge on any atom is 0.254 e. The Hall–Kier alpha value is -2.28. The molecule has 0 radical (unpaired) electrons. The van der Waals surface area contributed by atoms with E-state index in [4.69, 9.17) is 11.6 Å². The second-order valence-electron chi connectivity index (χ2n) is 6.53. The Kier molecular flexibility index (Phi) is 6.92. The molecule has 1 amide bonds. The van der Waals surface area contributed by atoms with Crippen LogP contribution in [-0.4, -0.2) is 54.6 Å². The fourth-order valence-corrected chi connectivity index (χ4v) is 3.08. The number of halogens is 2. The van der Waals surface area contributed by atoms with Crippen molar-refractivity contribution < 1.29 is 9.18 Å². The van der Waals surface area contributed by atoms with Crippen LogP contribution in [0.15, 0.2) is 53.6 Å². The lowest BCUT2D eigenvalue weighted by atomic mass is 10.2. The van der Waals surface area contributed by atoms with Crippen molar-refractivity contribution in [1.82, 2.24) is 15.2 Å². The molecular weight excluding hydrogens is 367 g/mol. The van der Waals surface area contributed by atoms with E-state index < -0.39 is 0 Å². The molecule has 0 aromatic heterocycles. The molecule has 7 heteroatoms. The molecule has 0 atom stereocenters. The Bertz CT molecular complexity index is 789. The molecule has 2 aromatic rings. The number of hydrazone groups is 1. The summed E-state index contributed by atoms with van der Waals surface area (Å²) in [6.45, 7) is 4.65. The second kappa shape index (κ2) is 9.60. The predicted octanol–water partition coefficient (Wildman–Crippen LogP) is 2.75. The van der Waals surface area contributed by atoms with Crippen molar-refractivity contribution in [3.8, 4) is 0 Å². The molecule has 27 heavy (non-hydrogen) atoms. The fraction of sp³-hybridized carbons (Fsp3) is 0.300. The smallest absolute Gasteiger partial charge is 0.254 e. The maximum absolute atomic E-state index is 13.1. The van der Waals surface area contributed by atoms with Crippen molar-refractivity contribution in [3.63, 3.8) is 0 Å². The summed E-state index contributed by atoms with van der Waals surface area (Å²) in [5.74, 6) is -0.504. The molecule has 0 saturated carbocycles. The van der Waals surface area contributed by atoms with Gasteiger partial charge in [-0.2, -0.15) is 5.10 Å². The van der Waals surface area contributed by atoms with Crippen molar-refractivity contribution in [2.45, 2.75) is 6.54 Å². The molecule has 1 saturated heterocycles. The minimum atomic E-state index is -0.332. The fourth-order valence-electron chi connectivity index (χ4n) is 2.96. The van der Waals surface area contributed by atoms with Gasteiger partial charge in [0, 0.05) is 37.7 Å². The number of hydrogen-bond donors (Lipinski definition) is 1. The van der Waals surface area contributed by atoms with Gasteiger partial charge in [0.05, 0.1) is 12.8 Å². The number of nitrogens with one attached hydrogen (secondary N) is 1. The quantitative estimate of drug-likeness (QED) is 0.611. The third-order valence-electron chi connectivity index (χ3n) is 4.40. The molecule has 2 aromatic carbocycles. The third kappa shape index (κ3) is 6.43. The lowest BCUT2D eigenvalue weighted by Gasteiger charge is -2.34. The number of amides is 1. The van der Waals surface area contributed by atoms with E-state index >= 15 is 0 Å². The van der Waals surface area contributed by atoms with E-state index in [-0.39, 0.29) is 11.7 Å². The van der Waals surface area contributed by atoms with Crippen LogP contribution in [0.1, 0.15) is 11.1 Å². The first kappa shape index (κ1) is 19.5. The predicted molar refractivity (Wildman–Crippen MR) is 105 cm³/mol. The summed E-state index contributed by atoms with van der Waals surface area (Å²) in [4.78, 5) is 16.5. The van der Waals surface area contributed by atoms with Crippen LogP contribution in [0.4, 0.5) is 4.39 Å². The molecule has 0 spiro atoms. The first-order chi connectivity index (χ1) is 13.1. The molecule has 1 aliphatic rings. The average molecular weight is 389 g/mol. The molecule has 0 unspecified atom stereocenters. The standard InChI is InChI=1S/C20H22ClFN4O/c21-18-6-4-16(5-7-18)14-25-8-10-26(11-9-25)15-20(27)24-23-13-17-2-1-3-19(22)12-17/h1-7,12-13H,8-11,14-15H2,(H,24,27)/b23-13-. The highest BCUT2D eigenvalue weighted by Gasteiger charge is 2.18. The topological polar surface area (TPSA) is 47.9 Å². The van der Waals surface area contributed by atoms with Crippen LogP contribution in [-0.2, 0) is 11.3 Å². The van der Waals surface area contributed by atoms with Gasteiger partial charge in [-0.25, -0.2) is 9.82 Å². The van der Waals surface area contributed by atoms with Crippen molar-refractivity contribution >= 4 is 23.7 Å². The molecule has 3 rings (SSSR count). The average Bonchev–Trinajstić information content (AvgIpc) is 2.65. The number of carbonyl (C=O) groups is 1. The molecule has 1 heterocycles. The summed E-state index contributed by atoms with van der Waals surface area (Å²) in [5.41, 5.74) is 4.33. The summed E-state index contributed by atoms with van der Waals surface area (Å²) in [5, 5.41) is 4.63. The van der Waals surface area contributed by atoms with Crippen LogP contribution >= 0.6 is 11.6 Å². The lowest BCUT2D eigenvalue weighted by molar-refractivity contribution is -0.122. The van der Waals surface area contributed by atoms with Crippen LogP contribution in [0, 0.1) is 5.82 Å². The summed E-state index contributed by atoms with van der Waals surface area (Å²) in [6, 6.07) is 13.9. The highest BCUT2D eigenvalue weighted by molar-refractivity contribution is 6.30. The van der Waals surface area contributed by atoms with E-state index in [2.05, 4.69) is 20.3 Å². The second-order valence-corrected chi connectivity index (χ2v) is 6.96. The van der Waals surface area contributed by atoms with Gasteiger partial charge in [0.1, 0.15) is 5.82 Å². The minimum absolute atomic E-state index is 0.172. The number of carbonyl (C=O) groups excluding carboxylic acids is 1. The van der Waals surface area contributed by atoms with E-state index in [0.717, 1.165) is 37.7 Å². The van der Waals surface area contributed by atoms with Crippen LogP contribution in [0.3, 0.4) is 0 Å². The molecule has 1 fully saturated rings. The summed E-state index contributed by atoms with van der Waals surface area (Å²) in [6.07, 6.45) is 1.44. The van der Waals surface area contributed by atoms with Crippen LogP contribution < -0.4 is 5.43 Å². The zero-order valence-electron chi connectivity index (χ0n) is 14.9. The zero-order valence-corrected chi connectivity index (χ0v) is 15.7. The van der Waals surface area contributed by atoms with E-state index in [9.17, 15) is 9.18 Å².